The van der Waals surface area contributed by atoms with Crippen LogP contribution in [0.15, 0.2) is 84.0 Å². The highest BCUT2D eigenvalue weighted by Gasteiger charge is 2.27. The van der Waals surface area contributed by atoms with Crippen LogP contribution in [-0.4, -0.2) is 35.8 Å². The van der Waals surface area contributed by atoms with E-state index in [4.69, 9.17) is 9.57 Å². The Hall–Kier alpha value is -3.58. The van der Waals surface area contributed by atoms with Crippen molar-refractivity contribution in [3.63, 3.8) is 0 Å². The zero-order valence-electron chi connectivity index (χ0n) is 18.0. The quantitative estimate of drug-likeness (QED) is 0.475. The predicted octanol–water partition coefficient (Wildman–Crippen LogP) is 4.70. The minimum Gasteiger partial charge on any atom is -0.390 e. The van der Waals surface area contributed by atoms with Gasteiger partial charge in [0.05, 0.1) is 18.9 Å². The fourth-order valence-corrected chi connectivity index (χ4v) is 3.60. The first-order valence-corrected chi connectivity index (χ1v) is 10.7. The van der Waals surface area contributed by atoms with Crippen LogP contribution in [0.1, 0.15) is 23.1 Å². The van der Waals surface area contributed by atoms with Gasteiger partial charge in [0.25, 0.3) is 0 Å². The molecule has 0 aliphatic carbocycles. The molecule has 1 aliphatic rings. The molecule has 0 saturated heterocycles. The van der Waals surface area contributed by atoms with E-state index >= 15 is 0 Å². The summed E-state index contributed by atoms with van der Waals surface area (Å²) < 4.78 is 33.2. The second-order valence-corrected chi connectivity index (χ2v) is 7.82. The molecule has 3 aromatic rings. The van der Waals surface area contributed by atoms with Crippen molar-refractivity contribution >= 4 is 11.6 Å². The van der Waals surface area contributed by atoms with E-state index in [0.29, 0.717) is 6.42 Å². The highest BCUT2D eigenvalue weighted by atomic mass is 19.1. The minimum atomic E-state index is -0.702. The number of benzene rings is 3. The van der Waals surface area contributed by atoms with Gasteiger partial charge in [0.1, 0.15) is 18.2 Å². The maximum atomic E-state index is 14.3. The van der Waals surface area contributed by atoms with E-state index in [-0.39, 0.29) is 43.9 Å². The zero-order chi connectivity index (χ0) is 23.0. The van der Waals surface area contributed by atoms with Gasteiger partial charge in [0, 0.05) is 24.6 Å². The first-order chi connectivity index (χ1) is 16.1. The summed E-state index contributed by atoms with van der Waals surface area (Å²) in [5, 5.41) is 4.16. The van der Waals surface area contributed by atoms with Gasteiger partial charge < -0.3 is 14.5 Å². The van der Waals surface area contributed by atoms with Gasteiger partial charge in [-0.1, -0.05) is 71.9 Å². The lowest BCUT2D eigenvalue weighted by Gasteiger charge is -2.25. The van der Waals surface area contributed by atoms with E-state index in [9.17, 15) is 13.6 Å². The fraction of sp³-hybridized carbons (Fsp3) is 0.231. The molecule has 0 N–H and O–H groups in total. The normalized spacial score (nSPS) is 15.1. The number of amides is 1. The maximum absolute atomic E-state index is 14.3. The molecular weight excluding hydrogens is 426 g/mol. The second-order valence-electron chi connectivity index (χ2n) is 7.82. The van der Waals surface area contributed by atoms with Crippen LogP contribution in [0, 0.1) is 11.6 Å². The molecule has 0 aromatic heterocycles. The van der Waals surface area contributed by atoms with E-state index in [0.717, 1.165) is 22.9 Å². The van der Waals surface area contributed by atoms with Crippen LogP contribution in [0.4, 0.5) is 8.78 Å². The van der Waals surface area contributed by atoms with Crippen LogP contribution in [0.5, 0.6) is 0 Å². The van der Waals surface area contributed by atoms with Gasteiger partial charge >= 0.3 is 0 Å². The van der Waals surface area contributed by atoms with E-state index in [1.807, 2.05) is 60.7 Å². The molecule has 1 heterocycles. The summed E-state index contributed by atoms with van der Waals surface area (Å²) in [4.78, 5) is 20.0. The van der Waals surface area contributed by atoms with Crippen LogP contribution >= 0.6 is 0 Å². The monoisotopic (exact) mass is 450 g/mol. The van der Waals surface area contributed by atoms with Crippen molar-refractivity contribution in [2.24, 2.45) is 5.16 Å². The van der Waals surface area contributed by atoms with E-state index in [1.165, 1.54) is 17.0 Å². The molecule has 170 valence electrons. The number of halogens is 2. The number of nitrogens with zero attached hydrogens (tertiary/aromatic N) is 2. The van der Waals surface area contributed by atoms with Gasteiger partial charge in [-0.2, -0.15) is 0 Å². The van der Waals surface area contributed by atoms with Crippen molar-refractivity contribution < 1.29 is 23.1 Å². The van der Waals surface area contributed by atoms with E-state index in [1.54, 1.807) is 0 Å². The maximum Gasteiger partial charge on any atom is 0.249 e. The van der Waals surface area contributed by atoms with Gasteiger partial charge in [0.2, 0.25) is 5.91 Å². The van der Waals surface area contributed by atoms with Gasteiger partial charge in [-0.3, -0.25) is 4.79 Å². The van der Waals surface area contributed by atoms with Crippen LogP contribution in [0.3, 0.4) is 0 Å². The summed E-state index contributed by atoms with van der Waals surface area (Å²) in [5.74, 6) is -1.68. The molecule has 7 heteroatoms. The van der Waals surface area contributed by atoms with Gasteiger partial charge in [-0.05, 0) is 17.2 Å². The van der Waals surface area contributed by atoms with Crippen molar-refractivity contribution in [2.75, 3.05) is 13.2 Å². The summed E-state index contributed by atoms with van der Waals surface area (Å²) in [6, 6.07) is 22.5. The van der Waals surface area contributed by atoms with Gasteiger partial charge in [-0.25, -0.2) is 8.78 Å². The predicted molar refractivity (Wildman–Crippen MR) is 120 cm³/mol. The Labute approximate surface area is 191 Å². The van der Waals surface area contributed by atoms with Crippen LogP contribution in [0.2, 0.25) is 0 Å². The lowest BCUT2D eigenvalue weighted by Crippen LogP contribution is -2.39. The summed E-state index contributed by atoms with van der Waals surface area (Å²) in [7, 11) is 0. The largest absolute Gasteiger partial charge is 0.390 e. The standard InChI is InChI=1S/C26H24F2N2O3/c27-22-12-11-21(24(28)13-22)15-30(26(31)18-32-17-19-7-3-1-4-8-19)16-23-14-25(29-33-23)20-9-5-2-6-10-20/h1-13,23H,14-18H2. The fourth-order valence-electron chi connectivity index (χ4n) is 3.60. The number of carbonyl (C=O) groups excluding carboxylic acids is 1. The molecule has 1 atom stereocenters. The number of hydrogen-bond donors (Lipinski definition) is 0. The lowest BCUT2D eigenvalue weighted by molar-refractivity contribution is -0.139. The molecule has 0 saturated carbocycles. The number of hydrogen-bond acceptors (Lipinski definition) is 4. The third-order valence-electron chi connectivity index (χ3n) is 5.33. The van der Waals surface area contributed by atoms with Crippen LogP contribution in [-0.2, 0) is 27.5 Å². The molecule has 0 spiro atoms. The Morgan fingerprint density at radius 3 is 2.48 bits per heavy atom. The smallest absolute Gasteiger partial charge is 0.249 e. The molecule has 5 nitrogen and oxygen atoms in total. The van der Waals surface area contributed by atoms with Gasteiger partial charge in [0.15, 0.2) is 6.10 Å². The summed E-state index contributed by atoms with van der Waals surface area (Å²) in [6.07, 6.45) is 0.145. The van der Waals surface area contributed by atoms with Crippen LogP contribution in [0.25, 0.3) is 0 Å². The number of rotatable bonds is 9. The van der Waals surface area contributed by atoms with E-state index in [2.05, 4.69) is 5.16 Å². The number of carbonyl (C=O) groups is 1. The molecule has 0 bridgehead atoms. The average molecular weight is 450 g/mol. The molecule has 1 amide bonds. The summed E-state index contributed by atoms with van der Waals surface area (Å²) in [6.45, 7) is 0.285. The van der Waals surface area contributed by atoms with E-state index < -0.39 is 11.6 Å². The summed E-state index contributed by atoms with van der Waals surface area (Å²) in [5.41, 5.74) is 2.91. The Bertz CT molecular complexity index is 1110. The first-order valence-electron chi connectivity index (χ1n) is 10.7. The third kappa shape index (κ3) is 6.23. The Morgan fingerprint density at radius 2 is 1.76 bits per heavy atom. The molecule has 0 fully saturated rings. The molecule has 3 aromatic carbocycles. The van der Waals surface area contributed by atoms with Crippen molar-refractivity contribution in [3.05, 3.63) is 107 Å². The third-order valence-corrected chi connectivity index (χ3v) is 5.33. The number of ether oxygens (including phenoxy) is 1. The lowest BCUT2D eigenvalue weighted by atomic mass is 10.0. The SMILES string of the molecule is O=C(COCc1ccccc1)N(Cc1ccc(F)cc1F)CC1CC(c2ccccc2)=NO1. The minimum absolute atomic E-state index is 0.0276. The average Bonchev–Trinajstić information content (AvgIpc) is 3.30. The molecule has 1 aliphatic heterocycles. The topological polar surface area (TPSA) is 51.1 Å². The Balaban J connectivity index is 1.41. The summed E-state index contributed by atoms with van der Waals surface area (Å²) >= 11 is 0. The van der Waals surface area contributed by atoms with Crippen molar-refractivity contribution in [1.82, 2.24) is 4.90 Å². The Kier molecular flexibility index (Phi) is 7.42. The number of oxime groups is 1. The van der Waals surface area contributed by atoms with Crippen molar-refractivity contribution in [3.8, 4) is 0 Å². The molecular formula is C26H24F2N2O3. The van der Waals surface area contributed by atoms with Crippen molar-refractivity contribution in [2.45, 2.75) is 25.7 Å². The van der Waals surface area contributed by atoms with Gasteiger partial charge in [-0.15, -0.1) is 0 Å². The second kappa shape index (κ2) is 10.8. The Morgan fingerprint density at radius 1 is 1.03 bits per heavy atom. The molecule has 0 radical (unpaired) electrons. The zero-order valence-corrected chi connectivity index (χ0v) is 18.0. The first kappa shape index (κ1) is 22.6. The molecule has 1 unspecified atom stereocenters. The van der Waals surface area contributed by atoms with Crippen molar-refractivity contribution in [1.29, 1.82) is 0 Å². The molecule has 4 rings (SSSR count). The van der Waals surface area contributed by atoms with Crippen LogP contribution < -0.4 is 0 Å². The molecule has 33 heavy (non-hydrogen) atoms. The highest BCUT2D eigenvalue weighted by molar-refractivity contribution is 6.01. The highest BCUT2D eigenvalue weighted by Crippen LogP contribution is 2.20.